The van der Waals surface area contributed by atoms with Gasteiger partial charge in [0.15, 0.2) is 6.61 Å². The summed E-state index contributed by atoms with van der Waals surface area (Å²) in [6, 6.07) is 18.3. The fourth-order valence-corrected chi connectivity index (χ4v) is 3.28. The minimum absolute atomic E-state index is 0.297. The zero-order valence-electron chi connectivity index (χ0n) is 16.7. The van der Waals surface area contributed by atoms with Crippen molar-refractivity contribution in [3.05, 3.63) is 72.3 Å². The lowest BCUT2D eigenvalue weighted by Crippen LogP contribution is -2.45. The van der Waals surface area contributed by atoms with E-state index in [4.69, 9.17) is 4.74 Å². The van der Waals surface area contributed by atoms with Crippen LogP contribution in [-0.2, 0) is 20.9 Å². The van der Waals surface area contributed by atoms with Gasteiger partial charge in [0, 0.05) is 50.2 Å². The molecule has 1 amide bonds. The van der Waals surface area contributed by atoms with E-state index in [1.807, 2.05) is 30.3 Å². The first-order chi connectivity index (χ1) is 14.1. The molecule has 0 aromatic heterocycles. The Hall–Kier alpha value is -3.12. The Bertz CT molecular complexity index is 826. The van der Waals surface area contributed by atoms with Crippen LogP contribution >= 0.6 is 0 Å². The van der Waals surface area contributed by atoms with E-state index in [0.29, 0.717) is 5.69 Å². The van der Waals surface area contributed by atoms with Gasteiger partial charge in [-0.1, -0.05) is 36.4 Å². The molecule has 1 fully saturated rings. The van der Waals surface area contributed by atoms with Gasteiger partial charge in [0.05, 0.1) is 0 Å². The quantitative estimate of drug-likeness (QED) is 0.579. The third-order valence-corrected chi connectivity index (χ3v) is 4.79. The van der Waals surface area contributed by atoms with Crippen LogP contribution in [0, 0.1) is 0 Å². The number of allylic oxidation sites excluding steroid dienone is 1. The minimum atomic E-state index is -0.524. The summed E-state index contributed by atoms with van der Waals surface area (Å²) in [4.78, 5) is 27.9. The van der Waals surface area contributed by atoms with Gasteiger partial charge >= 0.3 is 5.97 Å². The number of piperazine rings is 1. The summed E-state index contributed by atoms with van der Waals surface area (Å²) in [5.41, 5.74) is 3.17. The van der Waals surface area contributed by atoms with Gasteiger partial charge in [-0.15, -0.1) is 0 Å². The molecule has 2 aromatic carbocycles. The van der Waals surface area contributed by atoms with Crippen molar-refractivity contribution in [3.63, 3.8) is 0 Å². The smallest absolute Gasteiger partial charge is 0.330 e. The molecule has 0 bridgehead atoms. The lowest BCUT2D eigenvalue weighted by atomic mass is 10.2. The van der Waals surface area contributed by atoms with Gasteiger partial charge in [-0.05, 0) is 36.8 Å². The van der Waals surface area contributed by atoms with E-state index in [1.54, 1.807) is 13.0 Å². The number of amides is 1. The Morgan fingerprint density at radius 2 is 1.69 bits per heavy atom. The molecule has 1 heterocycles. The first kappa shape index (κ1) is 20.6. The number of carbonyl (C=O) groups excluding carboxylic acids is 2. The number of nitrogens with one attached hydrogen (secondary N) is 1. The van der Waals surface area contributed by atoms with E-state index in [0.717, 1.165) is 38.4 Å². The summed E-state index contributed by atoms with van der Waals surface area (Å²) in [7, 11) is 0. The first-order valence-electron chi connectivity index (χ1n) is 9.84. The average molecular weight is 393 g/mol. The Morgan fingerprint density at radius 3 is 2.34 bits per heavy atom. The van der Waals surface area contributed by atoms with Gasteiger partial charge in [-0.25, -0.2) is 4.79 Å². The van der Waals surface area contributed by atoms with E-state index >= 15 is 0 Å². The normalized spacial score (nSPS) is 14.7. The van der Waals surface area contributed by atoms with Crippen LogP contribution in [-0.4, -0.2) is 49.6 Å². The molecule has 1 N–H and O–H groups in total. The number of hydrogen-bond donors (Lipinski definition) is 1. The van der Waals surface area contributed by atoms with Crippen LogP contribution in [0.3, 0.4) is 0 Å². The molecule has 0 radical (unpaired) electrons. The molecule has 1 saturated heterocycles. The second-order valence-electron chi connectivity index (χ2n) is 6.95. The van der Waals surface area contributed by atoms with Crippen LogP contribution < -0.4 is 10.2 Å². The molecular formula is C23H27N3O3. The molecule has 0 atom stereocenters. The number of rotatable bonds is 7. The van der Waals surface area contributed by atoms with Crippen molar-refractivity contribution in [2.75, 3.05) is 43.0 Å². The molecule has 1 aliphatic heterocycles. The Morgan fingerprint density at radius 1 is 1.00 bits per heavy atom. The summed E-state index contributed by atoms with van der Waals surface area (Å²) in [6.07, 6.45) is 2.85. The number of nitrogens with zero attached hydrogens (tertiary/aromatic N) is 2. The van der Waals surface area contributed by atoms with Gasteiger partial charge in [0.25, 0.3) is 5.91 Å². The predicted octanol–water partition coefficient (Wildman–Crippen LogP) is 3.07. The number of ether oxygens (including phenoxy) is 1. The zero-order valence-corrected chi connectivity index (χ0v) is 16.7. The van der Waals surface area contributed by atoms with Gasteiger partial charge in [-0.3, -0.25) is 9.69 Å². The Balaban J connectivity index is 1.44. The van der Waals surface area contributed by atoms with Crippen LogP contribution in [0.25, 0.3) is 0 Å². The zero-order chi connectivity index (χ0) is 20.5. The number of esters is 1. The summed E-state index contributed by atoms with van der Waals surface area (Å²) in [6.45, 7) is 6.38. The highest BCUT2D eigenvalue weighted by atomic mass is 16.5. The van der Waals surface area contributed by atoms with Crippen LogP contribution in [0.1, 0.15) is 12.5 Å². The van der Waals surface area contributed by atoms with E-state index < -0.39 is 5.97 Å². The van der Waals surface area contributed by atoms with Crippen molar-refractivity contribution in [1.29, 1.82) is 0 Å². The van der Waals surface area contributed by atoms with Gasteiger partial charge < -0.3 is 15.0 Å². The molecule has 0 saturated carbocycles. The summed E-state index contributed by atoms with van der Waals surface area (Å²) in [5, 5.41) is 2.74. The Labute approximate surface area is 171 Å². The summed E-state index contributed by atoms with van der Waals surface area (Å²) >= 11 is 0. The number of benzene rings is 2. The van der Waals surface area contributed by atoms with E-state index in [9.17, 15) is 9.59 Å². The van der Waals surface area contributed by atoms with Gasteiger partial charge in [0.2, 0.25) is 0 Å². The van der Waals surface area contributed by atoms with E-state index in [2.05, 4.69) is 39.4 Å². The van der Waals surface area contributed by atoms with E-state index in [-0.39, 0.29) is 12.5 Å². The molecule has 6 nitrogen and oxygen atoms in total. The van der Waals surface area contributed by atoms with Crippen molar-refractivity contribution < 1.29 is 14.3 Å². The van der Waals surface area contributed by atoms with Crippen molar-refractivity contribution in [3.8, 4) is 0 Å². The van der Waals surface area contributed by atoms with Crippen molar-refractivity contribution in [1.82, 2.24) is 4.90 Å². The van der Waals surface area contributed by atoms with Gasteiger partial charge in [-0.2, -0.15) is 0 Å². The molecule has 2 aromatic rings. The largest absolute Gasteiger partial charge is 0.452 e. The maximum Gasteiger partial charge on any atom is 0.330 e. The second-order valence-corrected chi connectivity index (χ2v) is 6.95. The van der Waals surface area contributed by atoms with Crippen molar-refractivity contribution in [2.45, 2.75) is 13.5 Å². The average Bonchev–Trinajstić information content (AvgIpc) is 2.74. The molecule has 1 aliphatic rings. The highest BCUT2D eigenvalue weighted by molar-refractivity contribution is 5.93. The second kappa shape index (κ2) is 10.4. The number of anilines is 2. The molecule has 0 unspecified atom stereocenters. The lowest BCUT2D eigenvalue weighted by Gasteiger charge is -2.36. The van der Waals surface area contributed by atoms with E-state index in [1.165, 1.54) is 11.6 Å². The third-order valence-electron chi connectivity index (χ3n) is 4.79. The SMILES string of the molecule is C/C=C/C(=O)OCC(=O)Nc1ccc(N2CCN(Cc3ccccc3)CC2)cc1. The maximum atomic E-state index is 11.9. The molecule has 0 spiro atoms. The summed E-state index contributed by atoms with van der Waals surface area (Å²) in [5.74, 6) is -0.880. The van der Waals surface area contributed by atoms with Crippen LogP contribution in [0.4, 0.5) is 11.4 Å². The topological polar surface area (TPSA) is 61.9 Å². The molecule has 152 valence electrons. The minimum Gasteiger partial charge on any atom is -0.452 e. The monoisotopic (exact) mass is 393 g/mol. The third kappa shape index (κ3) is 6.47. The first-order valence-corrected chi connectivity index (χ1v) is 9.84. The lowest BCUT2D eigenvalue weighted by molar-refractivity contribution is -0.142. The summed E-state index contributed by atoms with van der Waals surface area (Å²) < 4.78 is 4.84. The van der Waals surface area contributed by atoms with Gasteiger partial charge in [0.1, 0.15) is 0 Å². The van der Waals surface area contributed by atoms with Crippen molar-refractivity contribution >= 4 is 23.3 Å². The fraction of sp³-hybridized carbons (Fsp3) is 0.304. The Kier molecular flexibility index (Phi) is 7.41. The van der Waals surface area contributed by atoms with Crippen LogP contribution in [0.5, 0.6) is 0 Å². The standard InChI is InChI=1S/C23H27N3O3/c1-2-6-23(28)29-18-22(27)24-20-9-11-21(12-10-20)26-15-13-25(14-16-26)17-19-7-4-3-5-8-19/h2-12H,13-18H2,1H3,(H,24,27)/b6-2+. The fourth-order valence-electron chi connectivity index (χ4n) is 3.28. The molecule has 29 heavy (non-hydrogen) atoms. The highest BCUT2D eigenvalue weighted by Crippen LogP contribution is 2.20. The number of carbonyl (C=O) groups is 2. The van der Waals surface area contributed by atoms with Crippen LogP contribution in [0.2, 0.25) is 0 Å². The van der Waals surface area contributed by atoms with Crippen molar-refractivity contribution in [2.24, 2.45) is 0 Å². The molecule has 6 heteroatoms. The molecule has 0 aliphatic carbocycles. The predicted molar refractivity (Wildman–Crippen MR) is 115 cm³/mol. The number of hydrogen-bond acceptors (Lipinski definition) is 5. The van der Waals surface area contributed by atoms with Crippen LogP contribution in [0.15, 0.2) is 66.7 Å². The highest BCUT2D eigenvalue weighted by Gasteiger charge is 2.17. The molecular weight excluding hydrogens is 366 g/mol. The maximum absolute atomic E-state index is 11.9. The molecule has 3 rings (SSSR count).